The van der Waals surface area contributed by atoms with Crippen LogP contribution < -0.4 is 15.6 Å². The van der Waals surface area contributed by atoms with E-state index in [0.29, 0.717) is 11.4 Å². The zero-order valence-electron chi connectivity index (χ0n) is 14.4. The van der Waals surface area contributed by atoms with Gasteiger partial charge in [-0.2, -0.15) is 0 Å². The summed E-state index contributed by atoms with van der Waals surface area (Å²) in [6, 6.07) is 15.0. The topological polar surface area (TPSA) is 69.0 Å². The van der Waals surface area contributed by atoms with E-state index < -0.39 is 11.4 Å². The van der Waals surface area contributed by atoms with Gasteiger partial charge in [0, 0.05) is 12.3 Å². The maximum absolute atomic E-state index is 14.0. The molecule has 0 radical (unpaired) electrons. The van der Waals surface area contributed by atoms with Crippen molar-refractivity contribution in [2.24, 2.45) is 0 Å². The number of ether oxygens (including phenoxy) is 1. The average Bonchev–Trinajstić information content (AvgIpc) is 2.70. The Morgan fingerprint density at radius 1 is 1.11 bits per heavy atom. The number of fused-ring (bicyclic) bond motifs is 1. The first-order valence-corrected chi connectivity index (χ1v) is 8.20. The molecule has 7 heteroatoms. The Morgan fingerprint density at radius 3 is 2.63 bits per heavy atom. The Morgan fingerprint density at radius 2 is 1.93 bits per heavy atom. The second-order valence-electron chi connectivity index (χ2n) is 5.78. The number of nitrogens with zero attached hydrogens (tertiary/aromatic N) is 3. The van der Waals surface area contributed by atoms with E-state index in [9.17, 15) is 9.18 Å². The number of pyridine rings is 1. The van der Waals surface area contributed by atoms with Gasteiger partial charge in [-0.3, -0.25) is 9.78 Å². The van der Waals surface area contributed by atoms with Gasteiger partial charge in [0.2, 0.25) is 5.95 Å². The second-order valence-corrected chi connectivity index (χ2v) is 5.78. The van der Waals surface area contributed by atoms with Crippen LogP contribution in [0, 0.1) is 5.82 Å². The van der Waals surface area contributed by atoms with Crippen LogP contribution in [0.5, 0.6) is 5.75 Å². The molecule has 0 unspecified atom stereocenters. The SMILES string of the molecule is COc1cc(F)cc2c(=O)n(-c3ccccc3)c(Nc3cccnc3)nc12. The molecule has 2 aromatic carbocycles. The van der Waals surface area contributed by atoms with Crippen molar-refractivity contribution >= 4 is 22.5 Å². The lowest BCUT2D eigenvalue weighted by Gasteiger charge is -2.16. The Hall–Kier alpha value is -3.74. The van der Waals surface area contributed by atoms with Gasteiger partial charge in [-0.15, -0.1) is 0 Å². The van der Waals surface area contributed by atoms with Crippen LogP contribution in [0.4, 0.5) is 16.0 Å². The van der Waals surface area contributed by atoms with E-state index in [0.717, 1.165) is 0 Å². The van der Waals surface area contributed by atoms with E-state index in [4.69, 9.17) is 4.74 Å². The van der Waals surface area contributed by atoms with Crippen molar-refractivity contribution in [3.63, 3.8) is 0 Å². The van der Waals surface area contributed by atoms with Gasteiger partial charge in [0.1, 0.15) is 17.1 Å². The molecule has 0 saturated carbocycles. The Labute approximate surface area is 153 Å². The minimum absolute atomic E-state index is 0.132. The zero-order chi connectivity index (χ0) is 18.8. The number of halogens is 1. The first kappa shape index (κ1) is 16.7. The number of rotatable bonds is 4. The third-order valence-corrected chi connectivity index (χ3v) is 4.05. The molecule has 2 heterocycles. The number of anilines is 2. The summed E-state index contributed by atoms with van der Waals surface area (Å²) >= 11 is 0. The van der Waals surface area contributed by atoms with Crippen molar-refractivity contribution in [2.75, 3.05) is 12.4 Å². The fourth-order valence-electron chi connectivity index (χ4n) is 2.85. The molecular weight excluding hydrogens is 347 g/mol. The molecule has 0 aliphatic rings. The molecular formula is C20H15FN4O2. The van der Waals surface area contributed by atoms with Crippen LogP contribution >= 0.6 is 0 Å². The van der Waals surface area contributed by atoms with Crippen LogP contribution in [0.15, 0.2) is 71.8 Å². The Balaban J connectivity index is 2.04. The van der Waals surface area contributed by atoms with Gasteiger partial charge in [-0.1, -0.05) is 18.2 Å². The lowest BCUT2D eigenvalue weighted by Crippen LogP contribution is -2.23. The van der Waals surface area contributed by atoms with Gasteiger partial charge in [-0.25, -0.2) is 13.9 Å². The van der Waals surface area contributed by atoms with E-state index in [1.54, 1.807) is 36.7 Å². The van der Waals surface area contributed by atoms with Crippen molar-refractivity contribution in [3.05, 3.63) is 83.2 Å². The molecule has 0 amide bonds. The first-order valence-electron chi connectivity index (χ1n) is 8.20. The molecule has 0 fully saturated rings. The minimum Gasteiger partial charge on any atom is -0.494 e. The average molecular weight is 362 g/mol. The quantitative estimate of drug-likeness (QED) is 0.600. The van der Waals surface area contributed by atoms with Gasteiger partial charge < -0.3 is 10.1 Å². The molecule has 0 spiro atoms. The largest absolute Gasteiger partial charge is 0.494 e. The predicted octanol–water partition coefficient (Wildman–Crippen LogP) is 3.67. The molecule has 1 N–H and O–H groups in total. The van der Waals surface area contributed by atoms with E-state index in [-0.39, 0.29) is 22.6 Å². The van der Waals surface area contributed by atoms with Gasteiger partial charge >= 0.3 is 0 Å². The summed E-state index contributed by atoms with van der Waals surface area (Å²) in [7, 11) is 1.41. The summed E-state index contributed by atoms with van der Waals surface area (Å²) in [5.41, 5.74) is 1.14. The lowest BCUT2D eigenvalue weighted by atomic mass is 10.2. The van der Waals surface area contributed by atoms with Crippen LogP contribution in [0.1, 0.15) is 0 Å². The van der Waals surface area contributed by atoms with E-state index in [1.165, 1.54) is 23.8 Å². The van der Waals surface area contributed by atoms with Crippen molar-refractivity contribution in [1.82, 2.24) is 14.5 Å². The number of methoxy groups -OCH3 is 1. The second kappa shape index (κ2) is 6.87. The maximum Gasteiger partial charge on any atom is 0.267 e. The highest BCUT2D eigenvalue weighted by molar-refractivity contribution is 5.85. The molecule has 0 aliphatic heterocycles. The number of benzene rings is 2. The summed E-state index contributed by atoms with van der Waals surface area (Å²) in [5, 5.41) is 3.24. The van der Waals surface area contributed by atoms with Gasteiger partial charge in [0.05, 0.1) is 30.1 Å². The van der Waals surface area contributed by atoms with Crippen LogP contribution in [-0.4, -0.2) is 21.6 Å². The normalized spacial score (nSPS) is 10.7. The van der Waals surface area contributed by atoms with Crippen LogP contribution in [0.25, 0.3) is 16.6 Å². The number of para-hydroxylation sites is 1. The van der Waals surface area contributed by atoms with Crippen LogP contribution in [0.2, 0.25) is 0 Å². The minimum atomic E-state index is -0.564. The van der Waals surface area contributed by atoms with E-state index in [2.05, 4.69) is 15.3 Å². The Kier molecular flexibility index (Phi) is 4.25. The monoisotopic (exact) mass is 362 g/mol. The summed E-state index contributed by atoms with van der Waals surface area (Å²) < 4.78 is 20.6. The van der Waals surface area contributed by atoms with Gasteiger partial charge in [0.25, 0.3) is 5.56 Å². The molecule has 0 aliphatic carbocycles. The molecule has 0 bridgehead atoms. The number of hydrogen-bond donors (Lipinski definition) is 1. The molecule has 2 aromatic heterocycles. The highest BCUT2D eigenvalue weighted by atomic mass is 19.1. The lowest BCUT2D eigenvalue weighted by molar-refractivity contribution is 0.415. The van der Waals surface area contributed by atoms with Crippen molar-refractivity contribution in [2.45, 2.75) is 0 Å². The molecule has 4 aromatic rings. The summed E-state index contributed by atoms with van der Waals surface area (Å²) in [6.07, 6.45) is 3.27. The van der Waals surface area contributed by atoms with Crippen molar-refractivity contribution < 1.29 is 9.13 Å². The fourth-order valence-corrected chi connectivity index (χ4v) is 2.85. The maximum atomic E-state index is 14.0. The highest BCUT2D eigenvalue weighted by Crippen LogP contribution is 2.26. The number of nitrogens with one attached hydrogen (secondary N) is 1. The summed E-state index contributed by atoms with van der Waals surface area (Å²) in [4.78, 5) is 21.8. The van der Waals surface area contributed by atoms with E-state index in [1.807, 2.05) is 18.2 Å². The van der Waals surface area contributed by atoms with Gasteiger partial charge in [0.15, 0.2) is 0 Å². The fraction of sp³-hybridized carbons (Fsp3) is 0.0500. The highest BCUT2D eigenvalue weighted by Gasteiger charge is 2.17. The number of aromatic nitrogens is 3. The van der Waals surface area contributed by atoms with E-state index >= 15 is 0 Å². The molecule has 6 nitrogen and oxygen atoms in total. The van der Waals surface area contributed by atoms with Crippen molar-refractivity contribution in [3.8, 4) is 11.4 Å². The predicted molar refractivity (Wildman–Crippen MR) is 101 cm³/mol. The molecule has 134 valence electrons. The smallest absolute Gasteiger partial charge is 0.267 e. The van der Waals surface area contributed by atoms with Crippen LogP contribution in [0.3, 0.4) is 0 Å². The molecule has 27 heavy (non-hydrogen) atoms. The number of hydrogen-bond acceptors (Lipinski definition) is 5. The van der Waals surface area contributed by atoms with Crippen LogP contribution in [-0.2, 0) is 0 Å². The standard InChI is InChI=1S/C20H15FN4O2/c1-27-17-11-13(21)10-16-18(17)24-20(23-14-6-5-9-22-12-14)25(19(16)26)15-7-3-2-4-8-15/h2-12H,1H3,(H,23,24). The Bertz CT molecular complexity index is 1160. The summed E-state index contributed by atoms with van der Waals surface area (Å²) in [5.74, 6) is -0.0982. The van der Waals surface area contributed by atoms with Crippen molar-refractivity contribution in [1.29, 1.82) is 0 Å². The third kappa shape index (κ3) is 3.10. The first-order chi connectivity index (χ1) is 13.2. The summed E-state index contributed by atoms with van der Waals surface area (Å²) in [6.45, 7) is 0. The zero-order valence-corrected chi connectivity index (χ0v) is 14.4. The molecule has 0 atom stereocenters. The molecule has 4 rings (SSSR count). The third-order valence-electron chi connectivity index (χ3n) is 4.05. The molecule has 0 saturated heterocycles. The van der Waals surface area contributed by atoms with Gasteiger partial charge in [-0.05, 0) is 30.3 Å².